The summed E-state index contributed by atoms with van der Waals surface area (Å²) >= 11 is 0. The monoisotopic (exact) mass is 285 g/mol. The highest BCUT2D eigenvalue weighted by Gasteiger charge is 2.12. The molecule has 0 aliphatic heterocycles. The van der Waals surface area contributed by atoms with E-state index in [1.807, 2.05) is 36.4 Å². The minimum atomic E-state index is -0.236. The normalized spacial score (nSPS) is 10.0. The van der Waals surface area contributed by atoms with Crippen molar-refractivity contribution in [3.63, 3.8) is 0 Å². The highest BCUT2D eigenvalue weighted by atomic mass is 16.5. The third kappa shape index (κ3) is 3.52. The number of methoxy groups -OCH3 is 1. The molecule has 0 atom stereocenters. The lowest BCUT2D eigenvalue weighted by Gasteiger charge is -2.19. The van der Waals surface area contributed by atoms with E-state index < -0.39 is 0 Å². The van der Waals surface area contributed by atoms with Crippen LogP contribution in [0.5, 0.6) is 5.75 Å². The summed E-state index contributed by atoms with van der Waals surface area (Å²) in [6.45, 7) is 0.484. The Kier molecular flexibility index (Phi) is 4.79. The molecule has 2 amide bonds. The minimum absolute atomic E-state index is 0.236. The first-order valence-electron chi connectivity index (χ1n) is 6.62. The molecule has 5 nitrogen and oxygen atoms in total. The number of hydrogen-bond donors (Lipinski definition) is 2. The van der Waals surface area contributed by atoms with Gasteiger partial charge in [0.1, 0.15) is 5.75 Å². The largest absolute Gasteiger partial charge is 0.495 e. The molecule has 0 unspecified atom stereocenters. The Morgan fingerprint density at radius 1 is 1.19 bits per heavy atom. The van der Waals surface area contributed by atoms with Crippen LogP contribution in [0.4, 0.5) is 16.2 Å². The maximum Gasteiger partial charge on any atom is 0.326 e. The maximum absolute atomic E-state index is 12.3. The summed E-state index contributed by atoms with van der Waals surface area (Å²) in [6, 6.07) is 14.6. The standard InChI is InChI=1S/C16H19N3O2/c1-19(13-9-7-12(11-17)8-10-13)16(20)18-14-5-3-4-6-15(14)21-2/h3-10H,11,17H2,1-2H3,(H,18,20). The Morgan fingerprint density at radius 3 is 2.48 bits per heavy atom. The number of carbonyl (C=O) groups excluding carboxylic acids is 1. The second-order valence-corrected chi connectivity index (χ2v) is 4.56. The topological polar surface area (TPSA) is 67.6 Å². The van der Waals surface area contributed by atoms with Crippen LogP contribution in [0, 0.1) is 0 Å². The molecule has 0 bridgehead atoms. The van der Waals surface area contributed by atoms with Crippen LogP contribution in [0.15, 0.2) is 48.5 Å². The molecule has 0 spiro atoms. The number of ether oxygens (including phenoxy) is 1. The molecule has 110 valence electrons. The van der Waals surface area contributed by atoms with Crippen LogP contribution in [0.3, 0.4) is 0 Å². The quantitative estimate of drug-likeness (QED) is 0.907. The van der Waals surface area contributed by atoms with Gasteiger partial charge in [-0.25, -0.2) is 4.79 Å². The fourth-order valence-electron chi connectivity index (χ4n) is 1.92. The molecule has 0 fully saturated rings. The molecular weight excluding hydrogens is 266 g/mol. The summed E-state index contributed by atoms with van der Waals surface area (Å²) in [4.78, 5) is 13.8. The average molecular weight is 285 g/mol. The van der Waals surface area contributed by atoms with Gasteiger partial charge in [-0.1, -0.05) is 24.3 Å². The van der Waals surface area contributed by atoms with Crippen molar-refractivity contribution in [2.24, 2.45) is 5.73 Å². The smallest absolute Gasteiger partial charge is 0.326 e. The number of hydrogen-bond acceptors (Lipinski definition) is 3. The molecule has 0 aliphatic rings. The molecule has 0 heterocycles. The third-order valence-corrected chi connectivity index (χ3v) is 3.21. The Balaban J connectivity index is 2.11. The second kappa shape index (κ2) is 6.76. The zero-order valence-electron chi connectivity index (χ0n) is 12.2. The van der Waals surface area contributed by atoms with Crippen molar-refractivity contribution in [3.8, 4) is 5.75 Å². The van der Waals surface area contributed by atoms with Crippen molar-refractivity contribution in [2.75, 3.05) is 24.4 Å². The number of benzene rings is 2. The zero-order valence-corrected chi connectivity index (χ0v) is 12.2. The molecule has 3 N–H and O–H groups in total. The van der Waals surface area contributed by atoms with E-state index in [2.05, 4.69) is 5.32 Å². The fraction of sp³-hybridized carbons (Fsp3) is 0.188. The van der Waals surface area contributed by atoms with E-state index in [0.29, 0.717) is 18.0 Å². The van der Waals surface area contributed by atoms with Crippen LogP contribution in [-0.2, 0) is 6.54 Å². The van der Waals surface area contributed by atoms with Crippen molar-refractivity contribution in [1.29, 1.82) is 0 Å². The lowest BCUT2D eigenvalue weighted by Crippen LogP contribution is -2.31. The molecule has 5 heteroatoms. The molecule has 21 heavy (non-hydrogen) atoms. The summed E-state index contributed by atoms with van der Waals surface area (Å²) in [6.07, 6.45) is 0. The number of rotatable bonds is 4. The van der Waals surface area contributed by atoms with Crippen LogP contribution in [0.25, 0.3) is 0 Å². The first-order chi connectivity index (χ1) is 10.2. The van der Waals surface area contributed by atoms with Gasteiger partial charge in [0.15, 0.2) is 0 Å². The van der Waals surface area contributed by atoms with Gasteiger partial charge in [0, 0.05) is 19.3 Å². The Bertz CT molecular complexity index is 611. The summed E-state index contributed by atoms with van der Waals surface area (Å²) in [5.41, 5.74) is 8.01. The lowest BCUT2D eigenvalue weighted by molar-refractivity contribution is 0.258. The van der Waals surface area contributed by atoms with Gasteiger partial charge in [-0.05, 0) is 29.8 Å². The third-order valence-electron chi connectivity index (χ3n) is 3.21. The van der Waals surface area contributed by atoms with Crippen LogP contribution in [0.1, 0.15) is 5.56 Å². The summed E-state index contributed by atoms with van der Waals surface area (Å²) in [5, 5.41) is 2.83. The number of nitrogens with two attached hydrogens (primary N) is 1. The van der Waals surface area contributed by atoms with Crippen molar-refractivity contribution in [3.05, 3.63) is 54.1 Å². The van der Waals surface area contributed by atoms with Gasteiger partial charge >= 0.3 is 6.03 Å². The number of para-hydroxylation sites is 2. The predicted molar refractivity (Wildman–Crippen MR) is 84.7 cm³/mol. The zero-order chi connectivity index (χ0) is 15.2. The fourth-order valence-corrected chi connectivity index (χ4v) is 1.92. The molecule has 2 aromatic carbocycles. The van der Waals surface area contributed by atoms with Gasteiger partial charge in [-0.3, -0.25) is 4.90 Å². The molecular formula is C16H19N3O2. The first kappa shape index (κ1) is 14.9. The SMILES string of the molecule is COc1ccccc1NC(=O)N(C)c1ccc(CN)cc1. The number of carbonyl (C=O) groups is 1. The summed E-state index contributed by atoms with van der Waals surface area (Å²) < 4.78 is 5.21. The van der Waals surface area contributed by atoms with Crippen LogP contribution in [0.2, 0.25) is 0 Å². The van der Waals surface area contributed by atoms with Gasteiger partial charge in [0.25, 0.3) is 0 Å². The number of amides is 2. The summed E-state index contributed by atoms with van der Waals surface area (Å²) in [5.74, 6) is 0.623. The average Bonchev–Trinajstić information content (AvgIpc) is 2.54. The van der Waals surface area contributed by atoms with E-state index in [-0.39, 0.29) is 6.03 Å². The maximum atomic E-state index is 12.3. The van der Waals surface area contributed by atoms with Gasteiger partial charge < -0.3 is 15.8 Å². The predicted octanol–water partition coefficient (Wildman–Crippen LogP) is 2.82. The van der Waals surface area contributed by atoms with Gasteiger partial charge in [0.2, 0.25) is 0 Å². The number of nitrogens with one attached hydrogen (secondary N) is 1. The first-order valence-corrected chi connectivity index (χ1v) is 6.62. The Hall–Kier alpha value is -2.53. The lowest BCUT2D eigenvalue weighted by atomic mass is 10.2. The molecule has 0 radical (unpaired) electrons. The molecule has 2 rings (SSSR count). The molecule has 0 saturated carbocycles. The van der Waals surface area contributed by atoms with E-state index in [1.54, 1.807) is 26.3 Å². The van der Waals surface area contributed by atoms with Crippen molar-refractivity contribution < 1.29 is 9.53 Å². The van der Waals surface area contributed by atoms with E-state index >= 15 is 0 Å². The van der Waals surface area contributed by atoms with Crippen LogP contribution < -0.4 is 20.7 Å². The molecule has 0 aromatic heterocycles. The van der Waals surface area contributed by atoms with Crippen LogP contribution >= 0.6 is 0 Å². The van der Waals surface area contributed by atoms with E-state index in [1.165, 1.54) is 4.90 Å². The molecule has 2 aromatic rings. The second-order valence-electron chi connectivity index (χ2n) is 4.56. The van der Waals surface area contributed by atoms with E-state index in [4.69, 9.17) is 10.5 Å². The van der Waals surface area contributed by atoms with Crippen molar-refractivity contribution in [1.82, 2.24) is 0 Å². The van der Waals surface area contributed by atoms with Gasteiger partial charge in [0.05, 0.1) is 12.8 Å². The summed E-state index contributed by atoms with van der Waals surface area (Å²) in [7, 11) is 3.28. The van der Waals surface area contributed by atoms with Crippen molar-refractivity contribution >= 4 is 17.4 Å². The molecule has 0 saturated heterocycles. The highest BCUT2D eigenvalue weighted by molar-refractivity contribution is 6.02. The Morgan fingerprint density at radius 2 is 1.86 bits per heavy atom. The van der Waals surface area contributed by atoms with E-state index in [9.17, 15) is 4.79 Å². The van der Waals surface area contributed by atoms with Crippen LogP contribution in [-0.4, -0.2) is 20.2 Å². The number of anilines is 2. The minimum Gasteiger partial charge on any atom is -0.495 e. The van der Waals surface area contributed by atoms with Crippen molar-refractivity contribution in [2.45, 2.75) is 6.54 Å². The Labute approximate surface area is 124 Å². The van der Waals surface area contributed by atoms with E-state index in [0.717, 1.165) is 11.3 Å². The number of urea groups is 1. The van der Waals surface area contributed by atoms with Gasteiger partial charge in [-0.15, -0.1) is 0 Å². The van der Waals surface area contributed by atoms with Gasteiger partial charge in [-0.2, -0.15) is 0 Å². The highest BCUT2D eigenvalue weighted by Crippen LogP contribution is 2.24. The molecule has 0 aliphatic carbocycles. The number of nitrogens with zero attached hydrogens (tertiary/aromatic N) is 1.